The van der Waals surface area contributed by atoms with Gasteiger partial charge in [0.25, 0.3) is 0 Å². The molecule has 1 aromatic heterocycles. The van der Waals surface area contributed by atoms with Crippen LogP contribution in [0.4, 0.5) is 11.8 Å². The Morgan fingerprint density at radius 2 is 2.05 bits per heavy atom. The van der Waals surface area contributed by atoms with E-state index in [0.29, 0.717) is 18.5 Å². The van der Waals surface area contributed by atoms with Crippen LogP contribution in [0.25, 0.3) is 10.9 Å². The van der Waals surface area contributed by atoms with Crippen molar-refractivity contribution in [1.82, 2.24) is 9.97 Å². The molecule has 0 bridgehead atoms. The molecule has 0 spiro atoms. The molecule has 1 heterocycles. The smallest absolute Gasteiger partial charge is 0.225 e. The second-order valence-electron chi connectivity index (χ2n) is 4.89. The van der Waals surface area contributed by atoms with Crippen LogP contribution >= 0.6 is 0 Å². The Hall–Kier alpha value is -2.10. The Kier molecular flexibility index (Phi) is 5.50. The van der Waals surface area contributed by atoms with Gasteiger partial charge in [-0.05, 0) is 32.9 Å². The van der Waals surface area contributed by atoms with Gasteiger partial charge in [-0.1, -0.05) is 25.1 Å². The minimum Gasteiger partial charge on any atom is -0.367 e. The summed E-state index contributed by atoms with van der Waals surface area (Å²) in [4.78, 5) is 9.05. The van der Waals surface area contributed by atoms with Gasteiger partial charge in [0.2, 0.25) is 5.95 Å². The van der Waals surface area contributed by atoms with Crippen molar-refractivity contribution in [2.24, 2.45) is 0 Å². The summed E-state index contributed by atoms with van der Waals surface area (Å²) in [6, 6.07) is 6.52. The third-order valence-electron chi connectivity index (χ3n) is 2.68. The number of fused-ring (bicyclic) bond motifs is 1. The quantitative estimate of drug-likeness (QED) is 0.808. The third-order valence-corrected chi connectivity index (χ3v) is 2.68. The molecule has 1 aromatic carbocycles. The first kappa shape index (κ1) is 16.0. The molecule has 0 saturated carbocycles. The predicted octanol–water partition coefficient (Wildman–Crippen LogP) is 3.99. The van der Waals surface area contributed by atoms with E-state index in [9.17, 15) is 0 Å². The van der Waals surface area contributed by atoms with E-state index in [4.69, 9.17) is 0 Å². The van der Waals surface area contributed by atoms with Gasteiger partial charge in [0, 0.05) is 18.0 Å². The molecule has 2 rings (SSSR count). The van der Waals surface area contributed by atoms with Gasteiger partial charge in [-0.25, -0.2) is 4.98 Å². The maximum atomic E-state index is 4.54. The summed E-state index contributed by atoms with van der Waals surface area (Å²) in [5.74, 6) is 1.50. The lowest BCUT2D eigenvalue weighted by atomic mass is 10.1. The summed E-state index contributed by atoms with van der Waals surface area (Å²) in [7, 11) is 0. The summed E-state index contributed by atoms with van der Waals surface area (Å²) < 4.78 is 0. The lowest BCUT2D eigenvalue weighted by Crippen LogP contribution is -2.13. The maximum Gasteiger partial charge on any atom is 0.225 e. The Labute approximate surface area is 121 Å². The van der Waals surface area contributed by atoms with Crippen LogP contribution in [0.5, 0.6) is 0 Å². The molecule has 108 valence electrons. The normalized spacial score (nSPS) is 10.2. The van der Waals surface area contributed by atoms with E-state index in [2.05, 4.69) is 60.1 Å². The van der Waals surface area contributed by atoms with Crippen molar-refractivity contribution in [1.29, 1.82) is 0 Å². The molecule has 2 N–H and O–H groups in total. The highest BCUT2D eigenvalue weighted by atomic mass is 15.1. The Bertz CT molecular complexity index is 590. The van der Waals surface area contributed by atoms with E-state index >= 15 is 0 Å². The zero-order chi connectivity index (χ0) is 13.8. The van der Waals surface area contributed by atoms with Gasteiger partial charge in [-0.15, -0.1) is 6.58 Å². The summed E-state index contributed by atoms with van der Waals surface area (Å²) in [6.45, 7) is 10.6. The number of nitrogens with one attached hydrogen (secondary N) is 2. The second-order valence-corrected chi connectivity index (χ2v) is 4.89. The average molecular weight is 272 g/mol. The van der Waals surface area contributed by atoms with Crippen molar-refractivity contribution in [2.75, 3.05) is 17.2 Å². The van der Waals surface area contributed by atoms with Crippen LogP contribution in [0.15, 0.2) is 30.9 Å². The first-order valence-electron chi connectivity index (χ1n) is 6.50. The van der Waals surface area contributed by atoms with Crippen molar-refractivity contribution < 1.29 is 0 Å². The fourth-order valence-electron chi connectivity index (χ4n) is 1.87. The molecule has 4 nitrogen and oxygen atoms in total. The molecule has 0 aliphatic heterocycles. The second kappa shape index (κ2) is 6.89. The number of hydrogen-bond donors (Lipinski definition) is 2. The summed E-state index contributed by atoms with van der Waals surface area (Å²) in [5.41, 5.74) is 2.14. The highest BCUT2D eigenvalue weighted by Gasteiger charge is 2.08. The standard InChI is InChI=1S/C15H20N4.CH4/c1-5-8-16-15-18-13-7-6-11(4)9-12(13)14(19-15)17-10(2)3;/h5-7,9-10H,1,8H2,2-4H3,(H2,16,17,18,19);1H4. The molecular formula is C16H24N4. The topological polar surface area (TPSA) is 49.8 Å². The van der Waals surface area contributed by atoms with Crippen LogP contribution in [0.3, 0.4) is 0 Å². The number of aromatic nitrogens is 2. The predicted molar refractivity (Wildman–Crippen MR) is 88.5 cm³/mol. The number of rotatable bonds is 5. The molecule has 0 aliphatic rings. The zero-order valence-corrected chi connectivity index (χ0v) is 11.7. The largest absolute Gasteiger partial charge is 0.367 e. The number of aryl methyl sites for hydroxylation is 1. The SMILES string of the molecule is C.C=CCNc1nc(NC(C)C)c2cc(C)ccc2n1. The van der Waals surface area contributed by atoms with Crippen LogP contribution in [-0.4, -0.2) is 22.6 Å². The molecule has 0 unspecified atom stereocenters. The van der Waals surface area contributed by atoms with Crippen molar-refractivity contribution in [3.8, 4) is 0 Å². The summed E-state index contributed by atoms with van der Waals surface area (Å²) >= 11 is 0. The monoisotopic (exact) mass is 272 g/mol. The van der Waals surface area contributed by atoms with Crippen LogP contribution < -0.4 is 10.6 Å². The van der Waals surface area contributed by atoms with Gasteiger partial charge in [0.15, 0.2) is 0 Å². The van der Waals surface area contributed by atoms with E-state index in [1.54, 1.807) is 6.08 Å². The fourth-order valence-corrected chi connectivity index (χ4v) is 1.87. The maximum absolute atomic E-state index is 4.54. The molecule has 0 saturated heterocycles. The first-order chi connectivity index (χ1) is 9.10. The van der Waals surface area contributed by atoms with E-state index < -0.39 is 0 Å². The Morgan fingerprint density at radius 3 is 2.70 bits per heavy atom. The highest BCUT2D eigenvalue weighted by Crippen LogP contribution is 2.23. The van der Waals surface area contributed by atoms with Gasteiger partial charge >= 0.3 is 0 Å². The van der Waals surface area contributed by atoms with Crippen molar-refractivity contribution >= 4 is 22.7 Å². The Balaban J connectivity index is 0.00000200. The summed E-state index contributed by atoms with van der Waals surface area (Å²) in [6.07, 6.45) is 1.79. The third kappa shape index (κ3) is 3.70. The highest BCUT2D eigenvalue weighted by molar-refractivity contribution is 5.90. The van der Waals surface area contributed by atoms with E-state index in [1.165, 1.54) is 5.56 Å². The van der Waals surface area contributed by atoms with E-state index in [0.717, 1.165) is 16.7 Å². The van der Waals surface area contributed by atoms with Crippen LogP contribution in [0.1, 0.15) is 26.8 Å². The number of nitrogens with zero attached hydrogens (tertiary/aromatic N) is 2. The zero-order valence-electron chi connectivity index (χ0n) is 11.7. The van der Waals surface area contributed by atoms with E-state index in [1.807, 2.05) is 6.07 Å². The fraction of sp³-hybridized carbons (Fsp3) is 0.375. The lowest BCUT2D eigenvalue weighted by molar-refractivity contribution is 0.890. The first-order valence-corrected chi connectivity index (χ1v) is 6.50. The van der Waals surface area contributed by atoms with Gasteiger partial charge in [0.05, 0.1) is 5.52 Å². The van der Waals surface area contributed by atoms with Gasteiger partial charge < -0.3 is 10.6 Å². The lowest BCUT2D eigenvalue weighted by Gasteiger charge is -2.14. The molecule has 0 radical (unpaired) electrons. The Morgan fingerprint density at radius 1 is 1.30 bits per heavy atom. The molecular weight excluding hydrogens is 248 g/mol. The number of benzene rings is 1. The molecule has 0 atom stereocenters. The molecule has 0 aliphatic carbocycles. The van der Waals surface area contributed by atoms with Gasteiger partial charge in [0.1, 0.15) is 5.82 Å². The van der Waals surface area contributed by atoms with Crippen molar-refractivity contribution in [3.05, 3.63) is 36.4 Å². The van der Waals surface area contributed by atoms with Gasteiger partial charge in [-0.3, -0.25) is 0 Å². The van der Waals surface area contributed by atoms with Crippen molar-refractivity contribution in [2.45, 2.75) is 34.2 Å². The molecule has 2 aromatic rings. The molecule has 20 heavy (non-hydrogen) atoms. The summed E-state index contributed by atoms with van der Waals surface area (Å²) in [5, 5.41) is 7.56. The number of anilines is 2. The van der Waals surface area contributed by atoms with Gasteiger partial charge in [-0.2, -0.15) is 4.98 Å². The van der Waals surface area contributed by atoms with Crippen LogP contribution in [0, 0.1) is 6.92 Å². The van der Waals surface area contributed by atoms with E-state index in [-0.39, 0.29) is 7.43 Å². The molecule has 4 heteroatoms. The molecule has 0 fully saturated rings. The average Bonchev–Trinajstić information content (AvgIpc) is 2.36. The van der Waals surface area contributed by atoms with Crippen molar-refractivity contribution in [3.63, 3.8) is 0 Å². The van der Waals surface area contributed by atoms with Crippen LogP contribution in [-0.2, 0) is 0 Å². The molecule has 0 amide bonds. The minimum absolute atomic E-state index is 0. The number of hydrogen-bond acceptors (Lipinski definition) is 4. The van der Waals surface area contributed by atoms with Crippen LogP contribution in [0.2, 0.25) is 0 Å². The minimum atomic E-state index is 0.